The second-order valence-electron chi connectivity index (χ2n) is 17.8. The summed E-state index contributed by atoms with van der Waals surface area (Å²) in [5.74, 6) is -1.75. The maximum Gasteiger partial charge on any atom is 0.410 e. The van der Waals surface area contributed by atoms with Crippen molar-refractivity contribution in [2.75, 3.05) is 34.3 Å². The van der Waals surface area contributed by atoms with Gasteiger partial charge in [0, 0.05) is 65.5 Å². The van der Waals surface area contributed by atoms with Gasteiger partial charge in [0.2, 0.25) is 29.5 Å². The fraction of sp³-hybridized carbons (Fsp3) is 0.717. The number of carbonyl (C=O) groups excluding carboxylic acids is 7. The molecule has 2 aliphatic rings. The number of hydrogen-bond donors (Lipinski definition) is 1. The summed E-state index contributed by atoms with van der Waals surface area (Å²) in [5.41, 5.74) is 1.55. The van der Waals surface area contributed by atoms with E-state index in [1.165, 1.54) is 16.8 Å². The summed E-state index contributed by atoms with van der Waals surface area (Å²) in [4.78, 5) is 97.8. The van der Waals surface area contributed by atoms with E-state index < -0.39 is 36.2 Å². The molecule has 1 N–H and O–H groups in total. The lowest BCUT2D eigenvalue weighted by Gasteiger charge is -2.40. The highest BCUT2D eigenvalue weighted by atomic mass is 16.6. The van der Waals surface area contributed by atoms with E-state index in [0.717, 1.165) is 37.8 Å². The van der Waals surface area contributed by atoms with Gasteiger partial charge in [-0.2, -0.15) is 0 Å². The number of nitrogens with one attached hydrogen (secondary N) is 1. The Morgan fingerprint density at radius 1 is 0.900 bits per heavy atom. The van der Waals surface area contributed by atoms with Gasteiger partial charge in [0.15, 0.2) is 0 Å². The predicted molar refractivity (Wildman–Crippen MR) is 229 cm³/mol. The lowest BCUT2D eigenvalue weighted by atomic mass is 9.89. The summed E-state index contributed by atoms with van der Waals surface area (Å²) < 4.78 is 11.5. The zero-order valence-corrected chi connectivity index (χ0v) is 38.2. The number of Topliss-reactive ketones (excluding diaryl/α,β-unsaturated/α-hetero) is 1. The molecule has 14 heteroatoms. The van der Waals surface area contributed by atoms with Gasteiger partial charge >= 0.3 is 6.09 Å². The molecular formula is C46H73N5O9. The first kappa shape index (κ1) is 50.0. The number of benzene rings is 1. The molecule has 7 atom stereocenters. The van der Waals surface area contributed by atoms with Crippen LogP contribution < -0.4 is 5.32 Å². The van der Waals surface area contributed by atoms with E-state index in [1.54, 1.807) is 38.1 Å². The van der Waals surface area contributed by atoms with E-state index in [2.05, 4.69) is 12.2 Å². The summed E-state index contributed by atoms with van der Waals surface area (Å²) in [6, 6.07) is 5.16. The number of carbonyl (C=O) groups is 7. The van der Waals surface area contributed by atoms with Gasteiger partial charge < -0.3 is 24.6 Å². The molecule has 0 aromatic heterocycles. The number of likely N-dealkylation sites (N-methyl/N-ethyl adjacent to an activating group) is 2. The van der Waals surface area contributed by atoms with Gasteiger partial charge in [-0.05, 0) is 61.5 Å². The Kier molecular flexibility index (Phi) is 19.7. The van der Waals surface area contributed by atoms with E-state index in [1.807, 2.05) is 58.6 Å². The average Bonchev–Trinajstić information content (AvgIpc) is 3.74. The Morgan fingerprint density at radius 2 is 1.55 bits per heavy atom. The number of nitrogens with zero attached hydrogens (tertiary/aromatic N) is 4. The van der Waals surface area contributed by atoms with Crippen LogP contribution in [0.4, 0.5) is 4.79 Å². The second-order valence-corrected chi connectivity index (χ2v) is 17.8. The Bertz CT molecular complexity index is 1630. The molecule has 14 nitrogen and oxygen atoms in total. The van der Waals surface area contributed by atoms with Gasteiger partial charge in [-0.3, -0.25) is 38.6 Å². The predicted octanol–water partition coefficient (Wildman–Crippen LogP) is 5.78. The number of imide groups is 1. The van der Waals surface area contributed by atoms with Gasteiger partial charge in [0.25, 0.3) is 0 Å². The van der Waals surface area contributed by atoms with Crippen LogP contribution >= 0.6 is 0 Å². The number of amides is 6. The van der Waals surface area contributed by atoms with Gasteiger partial charge in [0.1, 0.15) is 24.5 Å². The number of likely N-dealkylation sites (tertiary alicyclic amines) is 2. The topological polar surface area (TPSA) is 163 Å². The molecular weight excluding hydrogens is 767 g/mol. The van der Waals surface area contributed by atoms with Crippen molar-refractivity contribution in [1.82, 2.24) is 24.9 Å². The third-order valence-corrected chi connectivity index (χ3v) is 12.4. The largest absolute Gasteiger partial charge is 0.445 e. The molecule has 1 aromatic carbocycles. The highest BCUT2D eigenvalue weighted by Crippen LogP contribution is 2.26. The van der Waals surface area contributed by atoms with Crippen molar-refractivity contribution in [3.05, 3.63) is 35.4 Å². The zero-order valence-electron chi connectivity index (χ0n) is 38.2. The summed E-state index contributed by atoms with van der Waals surface area (Å²) in [5, 5.41) is 2.96. The summed E-state index contributed by atoms with van der Waals surface area (Å²) in [6.07, 6.45) is 4.66. The number of methoxy groups -OCH3 is 1. The second kappa shape index (κ2) is 23.6. The summed E-state index contributed by atoms with van der Waals surface area (Å²) in [6.45, 7) is 16.3. The Hall–Kier alpha value is -4.33. The van der Waals surface area contributed by atoms with Crippen LogP contribution in [0.3, 0.4) is 0 Å². The summed E-state index contributed by atoms with van der Waals surface area (Å²) in [7, 11) is 4.78. The fourth-order valence-electron chi connectivity index (χ4n) is 8.50. The molecule has 2 fully saturated rings. The van der Waals surface area contributed by atoms with Crippen LogP contribution in [-0.2, 0) is 51.3 Å². The van der Waals surface area contributed by atoms with Crippen LogP contribution in [0.15, 0.2) is 24.3 Å². The van der Waals surface area contributed by atoms with Crippen LogP contribution in [0.2, 0.25) is 0 Å². The van der Waals surface area contributed by atoms with E-state index in [9.17, 15) is 33.6 Å². The number of ketones is 1. The van der Waals surface area contributed by atoms with Crippen molar-refractivity contribution in [3.8, 4) is 0 Å². The van der Waals surface area contributed by atoms with Crippen LogP contribution in [0, 0.1) is 23.7 Å². The van der Waals surface area contributed by atoms with Crippen LogP contribution in [0.25, 0.3) is 0 Å². The lowest BCUT2D eigenvalue weighted by Crippen LogP contribution is -2.60. The van der Waals surface area contributed by atoms with Gasteiger partial charge in [0.05, 0.1) is 18.6 Å². The van der Waals surface area contributed by atoms with E-state index >= 15 is 0 Å². The van der Waals surface area contributed by atoms with Crippen molar-refractivity contribution in [3.63, 3.8) is 0 Å². The third kappa shape index (κ3) is 13.6. The first-order chi connectivity index (χ1) is 28.3. The first-order valence-electron chi connectivity index (χ1n) is 22.0. The molecule has 3 rings (SSSR count). The summed E-state index contributed by atoms with van der Waals surface area (Å²) >= 11 is 0. The standard InChI is InChI=1S/C46H73N5O9/c1-12-31(6)42(37(59-11)27-39(54)50-24-16-17-33(50)8)48(9)45(57)40(29(2)3)47-43(55)41(30(4)5)49(10)46(58)60-28-35-21-19-34(20-22-35)26-36(52)18-14-13-15-23-51-38(53)25-32(7)44(51)56/h19-22,29-33,37,40-42H,12-18,23-28H2,1-11H3,(H,47,55)/t31-,32?,33+,37+,40-,41-,42-/m0/s1. The van der Waals surface area contributed by atoms with E-state index in [4.69, 9.17) is 9.47 Å². The molecule has 2 aliphatic heterocycles. The third-order valence-electron chi connectivity index (χ3n) is 12.4. The van der Waals surface area contributed by atoms with Crippen molar-refractivity contribution in [2.24, 2.45) is 23.7 Å². The first-order valence-corrected chi connectivity index (χ1v) is 22.0. The molecule has 0 radical (unpaired) electrons. The van der Waals surface area contributed by atoms with Crippen molar-refractivity contribution in [2.45, 2.75) is 156 Å². The Morgan fingerprint density at radius 3 is 2.08 bits per heavy atom. The molecule has 1 unspecified atom stereocenters. The Labute approximate surface area is 358 Å². The molecule has 60 heavy (non-hydrogen) atoms. The van der Waals surface area contributed by atoms with Crippen molar-refractivity contribution in [1.29, 1.82) is 0 Å². The van der Waals surface area contributed by atoms with E-state index in [-0.39, 0.29) is 85.0 Å². The van der Waals surface area contributed by atoms with Crippen molar-refractivity contribution < 1.29 is 43.0 Å². The minimum absolute atomic E-state index is 0.000894. The molecule has 1 aromatic rings. The molecule has 0 bridgehead atoms. The number of rotatable bonds is 23. The maximum absolute atomic E-state index is 14.3. The van der Waals surface area contributed by atoms with Crippen LogP contribution in [-0.4, -0.2) is 126 Å². The minimum Gasteiger partial charge on any atom is -0.445 e. The lowest BCUT2D eigenvalue weighted by molar-refractivity contribution is -0.146. The fourth-order valence-corrected chi connectivity index (χ4v) is 8.50. The van der Waals surface area contributed by atoms with Gasteiger partial charge in [-0.1, -0.05) is 85.6 Å². The SMILES string of the molecule is CC[C@H](C)[C@@H]([C@@H](CC(=O)N1CCC[C@H]1C)OC)N(C)C(=O)[C@@H](NC(=O)[C@H](C(C)C)N(C)C(=O)OCc1ccc(CC(=O)CCCCCN2C(=O)CC(C)C2=O)cc1)C(C)C. The number of ether oxygens (including phenoxy) is 2. The highest BCUT2D eigenvalue weighted by Gasteiger charge is 2.41. The Balaban J connectivity index is 1.55. The molecule has 2 heterocycles. The van der Waals surface area contributed by atoms with E-state index in [0.29, 0.717) is 31.4 Å². The van der Waals surface area contributed by atoms with Crippen LogP contribution in [0.5, 0.6) is 0 Å². The number of unbranched alkanes of at least 4 members (excludes halogenated alkanes) is 2. The quantitative estimate of drug-likeness (QED) is 0.106. The minimum atomic E-state index is -0.934. The average molecular weight is 840 g/mol. The van der Waals surface area contributed by atoms with Gasteiger partial charge in [-0.25, -0.2) is 4.79 Å². The zero-order chi connectivity index (χ0) is 44.8. The molecule has 2 saturated heterocycles. The molecule has 0 saturated carbocycles. The normalized spacial score (nSPS) is 19.3. The number of hydrogen-bond acceptors (Lipinski definition) is 9. The monoisotopic (exact) mass is 840 g/mol. The molecule has 336 valence electrons. The smallest absolute Gasteiger partial charge is 0.410 e. The molecule has 0 aliphatic carbocycles. The van der Waals surface area contributed by atoms with Crippen molar-refractivity contribution >= 4 is 41.4 Å². The van der Waals surface area contributed by atoms with Crippen LogP contribution in [0.1, 0.15) is 124 Å². The molecule has 6 amide bonds. The molecule has 0 spiro atoms. The maximum atomic E-state index is 14.3. The van der Waals surface area contributed by atoms with Gasteiger partial charge in [-0.15, -0.1) is 0 Å². The highest BCUT2D eigenvalue weighted by molar-refractivity contribution is 6.03.